The fourth-order valence-corrected chi connectivity index (χ4v) is 3.35. The van der Waals surface area contributed by atoms with E-state index in [9.17, 15) is 0 Å². The number of aliphatic imine (C=N–C) groups is 1. The summed E-state index contributed by atoms with van der Waals surface area (Å²) < 4.78 is 5.46. The van der Waals surface area contributed by atoms with Crippen molar-refractivity contribution in [3.05, 3.63) is 16.1 Å². The zero-order valence-corrected chi connectivity index (χ0v) is 14.8. The first-order chi connectivity index (χ1) is 10.7. The van der Waals surface area contributed by atoms with Gasteiger partial charge in [0.2, 0.25) is 0 Å². The molecule has 1 aliphatic rings. The summed E-state index contributed by atoms with van der Waals surface area (Å²) in [4.78, 5) is 11.6. The van der Waals surface area contributed by atoms with Gasteiger partial charge in [-0.25, -0.2) is 4.98 Å². The van der Waals surface area contributed by atoms with E-state index in [0.717, 1.165) is 63.8 Å². The van der Waals surface area contributed by atoms with Crippen LogP contribution in [0.2, 0.25) is 0 Å². The van der Waals surface area contributed by atoms with Crippen molar-refractivity contribution < 1.29 is 4.74 Å². The number of rotatable bonds is 7. The molecule has 1 aliphatic heterocycles. The highest BCUT2D eigenvalue weighted by atomic mass is 32.1. The van der Waals surface area contributed by atoms with Crippen molar-refractivity contribution in [3.63, 3.8) is 0 Å². The number of nitrogens with one attached hydrogen (secondary N) is 1. The lowest BCUT2D eigenvalue weighted by molar-refractivity contribution is 0.181. The van der Waals surface area contributed by atoms with Crippen molar-refractivity contribution >= 4 is 17.3 Å². The highest BCUT2D eigenvalue weighted by Gasteiger charge is 2.18. The molecule has 0 bridgehead atoms. The standard InChI is InChI=1S/C16H28N4OS/c1-4-15-19-14(12-22-15)6-8-18-16(17-5-2)20(3)10-13-7-9-21-11-13/h12-13H,4-11H2,1-3H3,(H,17,18). The first-order valence-corrected chi connectivity index (χ1v) is 9.11. The van der Waals surface area contributed by atoms with Gasteiger partial charge in [0.25, 0.3) is 0 Å². The number of hydrogen-bond donors (Lipinski definition) is 1. The Balaban J connectivity index is 1.85. The lowest BCUT2D eigenvalue weighted by atomic mass is 10.1. The zero-order valence-electron chi connectivity index (χ0n) is 14.0. The lowest BCUT2D eigenvalue weighted by Crippen LogP contribution is -2.41. The Labute approximate surface area is 137 Å². The van der Waals surface area contributed by atoms with Crippen LogP contribution in [0.5, 0.6) is 0 Å². The van der Waals surface area contributed by atoms with E-state index in [1.165, 1.54) is 5.01 Å². The van der Waals surface area contributed by atoms with E-state index in [-0.39, 0.29) is 0 Å². The van der Waals surface area contributed by atoms with Crippen LogP contribution >= 0.6 is 11.3 Å². The van der Waals surface area contributed by atoms with Crippen LogP contribution in [0.25, 0.3) is 0 Å². The molecule has 6 heteroatoms. The molecule has 1 unspecified atom stereocenters. The van der Waals surface area contributed by atoms with Crippen molar-refractivity contribution in [1.29, 1.82) is 0 Å². The van der Waals surface area contributed by atoms with Gasteiger partial charge in [0.1, 0.15) is 0 Å². The van der Waals surface area contributed by atoms with Crippen molar-refractivity contribution in [2.45, 2.75) is 33.1 Å². The molecular formula is C16H28N4OS. The molecular weight excluding hydrogens is 296 g/mol. The summed E-state index contributed by atoms with van der Waals surface area (Å²) >= 11 is 1.75. The Morgan fingerprint density at radius 3 is 3.05 bits per heavy atom. The molecule has 1 saturated heterocycles. The lowest BCUT2D eigenvalue weighted by Gasteiger charge is -2.24. The second-order valence-electron chi connectivity index (χ2n) is 5.68. The molecule has 2 rings (SSSR count). The molecule has 1 fully saturated rings. The molecule has 2 heterocycles. The van der Waals surface area contributed by atoms with Crippen LogP contribution in [0.3, 0.4) is 0 Å². The minimum absolute atomic E-state index is 0.625. The van der Waals surface area contributed by atoms with E-state index in [1.54, 1.807) is 11.3 Å². The summed E-state index contributed by atoms with van der Waals surface area (Å²) in [5, 5.41) is 6.74. The molecule has 1 N–H and O–H groups in total. The topological polar surface area (TPSA) is 49.8 Å². The maximum Gasteiger partial charge on any atom is 0.193 e. The number of aryl methyl sites for hydroxylation is 1. The van der Waals surface area contributed by atoms with Gasteiger partial charge in [0.05, 0.1) is 17.3 Å². The summed E-state index contributed by atoms with van der Waals surface area (Å²) in [5.41, 5.74) is 1.16. The third kappa shape index (κ3) is 5.25. The van der Waals surface area contributed by atoms with E-state index in [0.29, 0.717) is 5.92 Å². The van der Waals surface area contributed by atoms with Gasteiger partial charge in [-0.05, 0) is 19.8 Å². The van der Waals surface area contributed by atoms with E-state index in [2.05, 4.69) is 41.5 Å². The molecule has 1 aromatic heterocycles. The maximum atomic E-state index is 5.46. The largest absolute Gasteiger partial charge is 0.381 e. The highest BCUT2D eigenvalue weighted by molar-refractivity contribution is 7.09. The monoisotopic (exact) mass is 324 g/mol. The third-order valence-corrected chi connectivity index (χ3v) is 4.83. The Morgan fingerprint density at radius 2 is 2.41 bits per heavy atom. The predicted octanol–water partition coefficient (Wildman–Crippen LogP) is 2.18. The van der Waals surface area contributed by atoms with Gasteiger partial charge >= 0.3 is 0 Å². The van der Waals surface area contributed by atoms with Gasteiger partial charge in [0, 0.05) is 51.0 Å². The molecule has 22 heavy (non-hydrogen) atoms. The number of aromatic nitrogens is 1. The van der Waals surface area contributed by atoms with Crippen molar-refractivity contribution in [2.24, 2.45) is 10.9 Å². The van der Waals surface area contributed by atoms with E-state index >= 15 is 0 Å². The van der Waals surface area contributed by atoms with E-state index < -0.39 is 0 Å². The Bertz CT molecular complexity index is 468. The molecule has 5 nitrogen and oxygen atoms in total. The molecule has 0 saturated carbocycles. The second kappa shape index (κ2) is 9.10. The molecule has 1 aromatic rings. The van der Waals surface area contributed by atoms with Gasteiger partial charge in [-0.2, -0.15) is 0 Å². The van der Waals surface area contributed by atoms with E-state index in [1.807, 2.05) is 0 Å². The molecule has 0 aromatic carbocycles. The van der Waals surface area contributed by atoms with Crippen molar-refractivity contribution in [1.82, 2.24) is 15.2 Å². The molecule has 0 aliphatic carbocycles. The van der Waals surface area contributed by atoms with Crippen LogP contribution in [0.1, 0.15) is 31.0 Å². The number of thiazole rings is 1. The van der Waals surface area contributed by atoms with E-state index in [4.69, 9.17) is 9.73 Å². The molecule has 0 amide bonds. The first kappa shape index (κ1) is 17.2. The van der Waals surface area contributed by atoms with Crippen molar-refractivity contribution in [3.8, 4) is 0 Å². The number of guanidine groups is 1. The van der Waals surface area contributed by atoms with Gasteiger partial charge < -0.3 is 15.0 Å². The Hall–Kier alpha value is -1.14. The zero-order chi connectivity index (χ0) is 15.8. The molecule has 1 atom stereocenters. The molecule has 124 valence electrons. The van der Waals surface area contributed by atoms with Crippen molar-refractivity contribution in [2.75, 3.05) is 39.9 Å². The fraction of sp³-hybridized carbons (Fsp3) is 0.750. The maximum absolute atomic E-state index is 5.46. The predicted molar refractivity (Wildman–Crippen MR) is 92.7 cm³/mol. The first-order valence-electron chi connectivity index (χ1n) is 8.23. The van der Waals surface area contributed by atoms with Crippen LogP contribution in [0, 0.1) is 5.92 Å². The quantitative estimate of drug-likeness (QED) is 0.617. The number of hydrogen-bond acceptors (Lipinski definition) is 4. The molecule has 0 spiro atoms. The van der Waals surface area contributed by atoms with Gasteiger partial charge in [-0.1, -0.05) is 6.92 Å². The van der Waals surface area contributed by atoms with Crippen LogP contribution < -0.4 is 5.32 Å². The second-order valence-corrected chi connectivity index (χ2v) is 6.62. The average Bonchev–Trinajstić information content (AvgIpc) is 3.17. The summed E-state index contributed by atoms with van der Waals surface area (Å²) in [5.74, 6) is 1.61. The van der Waals surface area contributed by atoms with Gasteiger partial charge in [-0.3, -0.25) is 4.99 Å². The Kier molecular flexibility index (Phi) is 7.12. The SMILES string of the molecule is CCNC(=NCCc1csc(CC)n1)N(C)CC1CCOC1. The summed E-state index contributed by atoms with van der Waals surface area (Å²) in [7, 11) is 2.11. The molecule has 0 radical (unpaired) electrons. The number of ether oxygens (including phenoxy) is 1. The van der Waals surface area contributed by atoms with Crippen LogP contribution in [0.15, 0.2) is 10.4 Å². The van der Waals surface area contributed by atoms with Crippen LogP contribution in [-0.2, 0) is 17.6 Å². The summed E-state index contributed by atoms with van der Waals surface area (Å²) in [6.07, 6.45) is 3.08. The van der Waals surface area contributed by atoms with Crippen LogP contribution in [0.4, 0.5) is 0 Å². The van der Waals surface area contributed by atoms with Crippen LogP contribution in [-0.4, -0.2) is 55.7 Å². The van der Waals surface area contributed by atoms with Gasteiger partial charge in [-0.15, -0.1) is 11.3 Å². The minimum Gasteiger partial charge on any atom is -0.381 e. The average molecular weight is 324 g/mol. The normalized spacial score (nSPS) is 18.7. The highest BCUT2D eigenvalue weighted by Crippen LogP contribution is 2.13. The smallest absolute Gasteiger partial charge is 0.193 e. The third-order valence-electron chi connectivity index (χ3n) is 3.78. The minimum atomic E-state index is 0.625. The Morgan fingerprint density at radius 1 is 1.55 bits per heavy atom. The summed E-state index contributed by atoms with van der Waals surface area (Å²) in [6.45, 7) is 8.70. The van der Waals surface area contributed by atoms with Gasteiger partial charge in [0.15, 0.2) is 5.96 Å². The number of nitrogens with zero attached hydrogens (tertiary/aromatic N) is 3. The summed E-state index contributed by atoms with van der Waals surface area (Å²) in [6, 6.07) is 0. The fourth-order valence-electron chi connectivity index (χ4n) is 2.57.